The van der Waals surface area contributed by atoms with Crippen LogP contribution in [0.25, 0.3) is 0 Å². The van der Waals surface area contributed by atoms with Crippen molar-refractivity contribution in [2.75, 3.05) is 10.6 Å². The molecule has 1 aliphatic heterocycles. The van der Waals surface area contributed by atoms with Crippen LogP contribution in [-0.2, 0) is 38.6 Å². The number of rotatable bonds is 10. The Morgan fingerprint density at radius 2 is 1.50 bits per heavy atom. The number of carboxylic acids is 2. The van der Waals surface area contributed by atoms with Crippen LogP contribution >= 0.6 is 0 Å². The Morgan fingerprint density at radius 1 is 0.881 bits per heavy atom. The topological polar surface area (TPSA) is 185 Å². The fraction of sp³-hybridized carbons (Fsp3) is 0.233. The molecule has 0 radical (unpaired) electrons. The van der Waals surface area contributed by atoms with E-state index >= 15 is 0 Å². The van der Waals surface area contributed by atoms with E-state index < -0.39 is 36.0 Å². The number of carboxylic acid groups (broad SMARTS) is 2. The minimum atomic E-state index is -1.27. The van der Waals surface area contributed by atoms with Crippen LogP contribution in [0.1, 0.15) is 41.6 Å². The predicted octanol–water partition coefficient (Wildman–Crippen LogP) is 3.27. The third kappa shape index (κ3) is 7.42. The number of carbonyl (C=O) groups is 5. The van der Waals surface area contributed by atoms with Crippen molar-refractivity contribution >= 4 is 41.2 Å². The van der Waals surface area contributed by atoms with Gasteiger partial charge in [-0.1, -0.05) is 30.3 Å². The van der Waals surface area contributed by atoms with Gasteiger partial charge in [0.2, 0.25) is 11.8 Å². The molecule has 0 aromatic heterocycles. The lowest BCUT2D eigenvalue weighted by Gasteiger charge is -2.25. The van der Waals surface area contributed by atoms with Crippen LogP contribution in [0.3, 0.4) is 0 Å². The maximum absolute atomic E-state index is 13.4. The SMILES string of the molecule is CC(=O)N1Cc2cc(NC(=O)Nc3ccc(O)cc3)ccc2C1C(=O)NC(Cc1ccc(CCC(=O)O)cc1)C(=O)O. The zero-order valence-corrected chi connectivity index (χ0v) is 22.7. The normalized spacial score (nSPS) is 14.4. The van der Waals surface area contributed by atoms with Crippen molar-refractivity contribution in [3.05, 3.63) is 89.0 Å². The van der Waals surface area contributed by atoms with Gasteiger partial charge < -0.3 is 36.2 Å². The highest BCUT2D eigenvalue weighted by molar-refractivity contribution is 6.00. The molecule has 0 aliphatic carbocycles. The summed E-state index contributed by atoms with van der Waals surface area (Å²) in [6.07, 6.45) is 0.309. The standard InChI is InChI=1S/C30H30N4O8/c1-17(35)34-16-20-15-22(32-30(42)31-21-7-10-23(36)11-8-21)9-12-24(20)27(34)28(39)33-25(29(40)41)14-19-4-2-18(3-5-19)6-13-26(37)38/h2-5,7-12,15,25,27,36H,6,13-14,16H2,1H3,(H,33,39)(H,37,38)(H,40,41)(H2,31,32,42). The first-order chi connectivity index (χ1) is 20.0. The molecule has 1 heterocycles. The van der Waals surface area contributed by atoms with E-state index in [1.165, 1.54) is 36.1 Å². The fourth-order valence-electron chi connectivity index (χ4n) is 4.72. The zero-order valence-electron chi connectivity index (χ0n) is 22.7. The number of aromatic hydroxyl groups is 1. The van der Waals surface area contributed by atoms with Gasteiger partial charge in [-0.3, -0.25) is 14.4 Å². The highest BCUT2D eigenvalue weighted by Gasteiger charge is 2.38. The Kier molecular flexibility index (Phi) is 9.05. The Morgan fingerprint density at radius 3 is 2.12 bits per heavy atom. The van der Waals surface area contributed by atoms with Crippen LogP contribution in [-0.4, -0.2) is 56.0 Å². The Balaban J connectivity index is 1.45. The van der Waals surface area contributed by atoms with Gasteiger partial charge in [-0.15, -0.1) is 0 Å². The molecule has 12 nitrogen and oxygen atoms in total. The Hall–Kier alpha value is -5.39. The number of hydrogen-bond donors (Lipinski definition) is 6. The molecule has 0 bridgehead atoms. The van der Waals surface area contributed by atoms with E-state index in [0.717, 1.165) is 5.56 Å². The van der Waals surface area contributed by atoms with E-state index in [0.29, 0.717) is 34.5 Å². The van der Waals surface area contributed by atoms with Crippen LogP contribution in [0.2, 0.25) is 0 Å². The minimum absolute atomic E-state index is 0.0149. The first-order valence-electron chi connectivity index (χ1n) is 13.1. The fourth-order valence-corrected chi connectivity index (χ4v) is 4.72. The molecule has 6 N–H and O–H groups in total. The lowest BCUT2D eigenvalue weighted by atomic mass is 10.0. The largest absolute Gasteiger partial charge is 0.508 e. The molecule has 1 aliphatic rings. The lowest BCUT2D eigenvalue weighted by molar-refractivity contribution is -0.144. The van der Waals surface area contributed by atoms with Crippen molar-refractivity contribution < 1.29 is 39.3 Å². The summed E-state index contributed by atoms with van der Waals surface area (Å²) in [4.78, 5) is 62.4. The maximum atomic E-state index is 13.4. The van der Waals surface area contributed by atoms with E-state index in [-0.39, 0.29) is 31.0 Å². The molecular weight excluding hydrogens is 544 g/mol. The lowest BCUT2D eigenvalue weighted by Crippen LogP contribution is -2.47. The highest BCUT2D eigenvalue weighted by atomic mass is 16.4. The van der Waals surface area contributed by atoms with Gasteiger partial charge in [0.1, 0.15) is 17.8 Å². The number of phenols is 1. The van der Waals surface area contributed by atoms with Crippen LogP contribution in [0.4, 0.5) is 16.2 Å². The van der Waals surface area contributed by atoms with E-state index in [4.69, 9.17) is 5.11 Å². The first kappa shape index (κ1) is 29.6. The number of aliphatic carboxylic acids is 2. The van der Waals surface area contributed by atoms with Gasteiger partial charge in [0.15, 0.2) is 0 Å². The summed E-state index contributed by atoms with van der Waals surface area (Å²) in [5, 5.41) is 35.9. The predicted molar refractivity (Wildman–Crippen MR) is 152 cm³/mol. The number of carbonyl (C=O) groups excluding carboxylic acids is 3. The van der Waals surface area contributed by atoms with Gasteiger partial charge in [-0.2, -0.15) is 0 Å². The second-order valence-electron chi connectivity index (χ2n) is 9.90. The zero-order chi connectivity index (χ0) is 30.4. The van der Waals surface area contributed by atoms with Crippen molar-refractivity contribution in [2.45, 2.75) is 44.8 Å². The van der Waals surface area contributed by atoms with Crippen LogP contribution in [0.15, 0.2) is 66.7 Å². The summed E-state index contributed by atoms with van der Waals surface area (Å²) in [6.45, 7) is 1.41. The quantitative estimate of drug-likeness (QED) is 0.199. The second kappa shape index (κ2) is 12.9. The number of benzene rings is 3. The van der Waals surface area contributed by atoms with Gasteiger partial charge in [0.05, 0.1) is 0 Å². The molecule has 4 amide bonds. The summed E-state index contributed by atoms with van der Waals surface area (Å²) in [5.74, 6) is -3.13. The van der Waals surface area contributed by atoms with Gasteiger partial charge >= 0.3 is 18.0 Å². The molecule has 4 rings (SSSR count). The number of nitrogens with one attached hydrogen (secondary N) is 3. The van der Waals surface area contributed by atoms with E-state index in [9.17, 15) is 34.2 Å². The molecule has 3 aromatic rings. The number of anilines is 2. The summed E-state index contributed by atoms with van der Waals surface area (Å²) in [7, 11) is 0. The van der Waals surface area contributed by atoms with Crippen molar-refractivity contribution in [3.8, 4) is 5.75 Å². The third-order valence-corrected chi connectivity index (χ3v) is 6.83. The molecule has 3 aromatic carbocycles. The van der Waals surface area contributed by atoms with Crippen LogP contribution in [0, 0.1) is 0 Å². The molecule has 0 saturated heterocycles. The van der Waals surface area contributed by atoms with Gasteiger partial charge in [-0.25, -0.2) is 9.59 Å². The average Bonchev–Trinajstić information content (AvgIpc) is 3.33. The molecule has 0 fully saturated rings. The molecule has 0 saturated carbocycles. The number of fused-ring (bicyclic) bond motifs is 1. The van der Waals surface area contributed by atoms with Crippen molar-refractivity contribution in [1.82, 2.24) is 10.2 Å². The molecule has 42 heavy (non-hydrogen) atoms. The second-order valence-corrected chi connectivity index (χ2v) is 9.90. The number of amides is 4. The summed E-state index contributed by atoms with van der Waals surface area (Å²) in [5.41, 5.74) is 3.45. The average molecular weight is 575 g/mol. The Bertz CT molecular complexity index is 1500. The molecule has 2 atom stereocenters. The molecule has 218 valence electrons. The third-order valence-electron chi connectivity index (χ3n) is 6.83. The molecule has 0 spiro atoms. The molecule has 12 heteroatoms. The number of aryl methyl sites for hydroxylation is 1. The smallest absolute Gasteiger partial charge is 0.326 e. The van der Waals surface area contributed by atoms with E-state index in [2.05, 4.69) is 16.0 Å². The minimum Gasteiger partial charge on any atom is -0.508 e. The van der Waals surface area contributed by atoms with Gasteiger partial charge in [0.25, 0.3) is 0 Å². The van der Waals surface area contributed by atoms with Crippen molar-refractivity contribution in [2.24, 2.45) is 0 Å². The molecular formula is C30H30N4O8. The maximum Gasteiger partial charge on any atom is 0.326 e. The van der Waals surface area contributed by atoms with E-state index in [1.54, 1.807) is 42.5 Å². The van der Waals surface area contributed by atoms with Crippen LogP contribution < -0.4 is 16.0 Å². The summed E-state index contributed by atoms with van der Waals surface area (Å²) >= 11 is 0. The monoisotopic (exact) mass is 574 g/mol. The number of nitrogens with zero attached hydrogens (tertiary/aromatic N) is 1. The molecule has 2 unspecified atom stereocenters. The highest BCUT2D eigenvalue weighted by Crippen LogP contribution is 2.36. The van der Waals surface area contributed by atoms with Gasteiger partial charge in [-0.05, 0) is 65.1 Å². The number of phenolic OH excluding ortho intramolecular Hbond substituents is 1. The van der Waals surface area contributed by atoms with E-state index in [1.807, 2.05) is 0 Å². The van der Waals surface area contributed by atoms with Gasteiger partial charge in [0, 0.05) is 37.7 Å². The summed E-state index contributed by atoms with van der Waals surface area (Å²) in [6, 6.07) is 14.8. The van der Waals surface area contributed by atoms with Crippen LogP contribution in [0.5, 0.6) is 5.75 Å². The van der Waals surface area contributed by atoms with Crippen molar-refractivity contribution in [3.63, 3.8) is 0 Å². The number of urea groups is 1. The first-order valence-corrected chi connectivity index (χ1v) is 13.1. The Labute approximate surface area is 241 Å². The number of hydrogen-bond acceptors (Lipinski definition) is 6. The summed E-state index contributed by atoms with van der Waals surface area (Å²) < 4.78 is 0. The van der Waals surface area contributed by atoms with Crippen molar-refractivity contribution in [1.29, 1.82) is 0 Å².